The average molecular weight is 395 g/mol. The minimum atomic E-state index is -0.783. The normalized spacial score (nSPS) is 12.4. The Labute approximate surface area is 172 Å². The fourth-order valence-corrected chi connectivity index (χ4v) is 2.57. The van der Waals surface area contributed by atoms with Crippen molar-refractivity contribution < 1.29 is 19.1 Å². The van der Waals surface area contributed by atoms with Gasteiger partial charge in [0.15, 0.2) is 0 Å². The second-order valence-corrected chi connectivity index (χ2v) is 7.68. The second kappa shape index (κ2) is 11.1. The summed E-state index contributed by atoms with van der Waals surface area (Å²) in [6.45, 7) is 5.49. The quantitative estimate of drug-likeness (QED) is 0.630. The lowest BCUT2D eigenvalue weighted by atomic mass is 10.1. The Morgan fingerprint density at radius 2 is 1.62 bits per heavy atom. The molecule has 0 spiro atoms. The fraction of sp³-hybridized carbons (Fsp3) is 0.333. The highest BCUT2D eigenvalue weighted by molar-refractivity contribution is 5.81. The molecule has 2 aromatic carbocycles. The Morgan fingerprint density at radius 3 is 2.24 bits per heavy atom. The molecular formula is C24H29NO4. The molecule has 0 aliphatic rings. The number of ether oxygens (including phenoxy) is 2. The van der Waals surface area contributed by atoms with E-state index in [1.807, 2.05) is 72.8 Å². The summed E-state index contributed by atoms with van der Waals surface area (Å²) in [6, 6.07) is 18.5. The zero-order valence-corrected chi connectivity index (χ0v) is 17.3. The molecule has 2 rings (SSSR count). The highest BCUT2D eigenvalue weighted by Gasteiger charge is 2.25. The maximum atomic E-state index is 12.6. The first-order valence-electron chi connectivity index (χ1n) is 9.75. The van der Waals surface area contributed by atoms with Crippen molar-refractivity contribution in [3.8, 4) is 0 Å². The van der Waals surface area contributed by atoms with Crippen molar-refractivity contribution >= 4 is 18.1 Å². The molecule has 0 aliphatic heterocycles. The lowest BCUT2D eigenvalue weighted by Crippen LogP contribution is -2.44. The van der Waals surface area contributed by atoms with E-state index in [1.54, 1.807) is 20.8 Å². The number of carbonyl (C=O) groups is 2. The van der Waals surface area contributed by atoms with Crippen molar-refractivity contribution in [3.63, 3.8) is 0 Å². The van der Waals surface area contributed by atoms with Crippen LogP contribution in [-0.2, 0) is 20.9 Å². The molecule has 1 N–H and O–H groups in total. The Bertz CT molecular complexity index is 795. The molecule has 0 saturated heterocycles. The summed E-state index contributed by atoms with van der Waals surface area (Å²) >= 11 is 0. The summed E-state index contributed by atoms with van der Waals surface area (Å²) in [5, 5.41) is 2.64. The van der Waals surface area contributed by atoms with Crippen molar-refractivity contribution in [3.05, 3.63) is 77.9 Å². The third-order valence-electron chi connectivity index (χ3n) is 3.93. The number of alkyl carbamates (subject to hydrolysis) is 1. The number of amides is 1. The molecule has 0 radical (unpaired) electrons. The Hall–Kier alpha value is -3.08. The maximum absolute atomic E-state index is 12.6. The van der Waals surface area contributed by atoms with Gasteiger partial charge in [-0.25, -0.2) is 9.59 Å². The summed E-state index contributed by atoms with van der Waals surface area (Å²) in [6.07, 6.45) is 4.35. The summed E-state index contributed by atoms with van der Waals surface area (Å²) in [5.41, 5.74) is 1.33. The molecule has 0 saturated carbocycles. The lowest BCUT2D eigenvalue weighted by molar-refractivity contribution is -0.147. The van der Waals surface area contributed by atoms with Gasteiger partial charge in [0.1, 0.15) is 18.2 Å². The van der Waals surface area contributed by atoms with Crippen LogP contribution in [0.1, 0.15) is 44.7 Å². The zero-order valence-electron chi connectivity index (χ0n) is 17.3. The lowest BCUT2D eigenvalue weighted by Gasteiger charge is -2.22. The first-order valence-corrected chi connectivity index (χ1v) is 9.75. The van der Waals surface area contributed by atoms with E-state index in [9.17, 15) is 9.59 Å². The van der Waals surface area contributed by atoms with Gasteiger partial charge in [0.2, 0.25) is 0 Å². The number of rotatable bonds is 8. The van der Waals surface area contributed by atoms with Gasteiger partial charge in [0, 0.05) is 0 Å². The standard InChI is InChI=1S/C24H29NO4/c1-24(2,3)29-23(27)25-21(17-11-10-14-19-12-6-4-7-13-19)22(26)28-18-20-15-8-5-9-16-20/h4-10,12-16,21H,11,17-18H2,1-3H3,(H,25,27)/b14-10+. The summed E-state index contributed by atoms with van der Waals surface area (Å²) in [5.74, 6) is -0.479. The van der Waals surface area contributed by atoms with Gasteiger partial charge in [0.05, 0.1) is 0 Å². The Kier molecular flexibility index (Phi) is 8.46. The highest BCUT2D eigenvalue weighted by Crippen LogP contribution is 2.11. The first-order chi connectivity index (χ1) is 13.8. The van der Waals surface area contributed by atoms with Crippen LogP contribution in [0.15, 0.2) is 66.7 Å². The van der Waals surface area contributed by atoms with Gasteiger partial charge in [-0.3, -0.25) is 0 Å². The van der Waals surface area contributed by atoms with E-state index >= 15 is 0 Å². The predicted octanol–water partition coefficient (Wildman–Crippen LogP) is 5.12. The Balaban J connectivity index is 1.94. The van der Waals surface area contributed by atoms with E-state index in [4.69, 9.17) is 9.47 Å². The molecule has 154 valence electrons. The highest BCUT2D eigenvalue weighted by atomic mass is 16.6. The molecule has 0 fully saturated rings. The van der Waals surface area contributed by atoms with Crippen LogP contribution in [0.2, 0.25) is 0 Å². The van der Waals surface area contributed by atoms with Gasteiger partial charge < -0.3 is 14.8 Å². The van der Waals surface area contributed by atoms with Crippen LogP contribution >= 0.6 is 0 Å². The van der Waals surface area contributed by atoms with Gasteiger partial charge in [-0.2, -0.15) is 0 Å². The van der Waals surface area contributed by atoms with Crippen molar-refractivity contribution in [2.45, 2.75) is 51.9 Å². The van der Waals surface area contributed by atoms with Crippen LogP contribution in [0.25, 0.3) is 6.08 Å². The minimum Gasteiger partial charge on any atom is -0.459 e. The van der Waals surface area contributed by atoms with Crippen LogP contribution in [0.3, 0.4) is 0 Å². The molecule has 0 aliphatic carbocycles. The predicted molar refractivity (Wildman–Crippen MR) is 114 cm³/mol. The minimum absolute atomic E-state index is 0.159. The number of benzene rings is 2. The van der Waals surface area contributed by atoms with Crippen LogP contribution in [0.5, 0.6) is 0 Å². The topological polar surface area (TPSA) is 64.6 Å². The molecule has 0 heterocycles. The number of nitrogens with one attached hydrogen (secondary N) is 1. The molecular weight excluding hydrogens is 366 g/mol. The summed E-state index contributed by atoms with van der Waals surface area (Å²) in [7, 11) is 0. The van der Waals surface area contributed by atoms with Crippen LogP contribution in [0, 0.1) is 0 Å². The van der Waals surface area contributed by atoms with Crippen LogP contribution in [-0.4, -0.2) is 23.7 Å². The number of allylic oxidation sites excluding steroid dienone is 1. The molecule has 0 aromatic heterocycles. The molecule has 1 unspecified atom stereocenters. The van der Waals surface area contributed by atoms with Crippen molar-refractivity contribution in [2.75, 3.05) is 0 Å². The van der Waals surface area contributed by atoms with Gasteiger partial charge >= 0.3 is 12.1 Å². The van der Waals surface area contributed by atoms with E-state index in [-0.39, 0.29) is 6.61 Å². The van der Waals surface area contributed by atoms with E-state index in [0.717, 1.165) is 11.1 Å². The van der Waals surface area contributed by atoms with E-state index in [0.29, 0.717) is 12.8 Å². The molecule has 29 heavy (non-hydrogen) atoms. The van der Waals surface area contributed by atoms with E-state index in [1.165, 1.54) is 0 Å². The average Bonchev–Trinajstić information content (AvgIpc) is 2.68. The fourth-order valence-electron chi connectivity index (χ4n) is 2.57. The number of carbonyl (C=O) groups excluding carboxylic acids is 2. The second-order valence-electron chi connectivity index (χ2n) is 7.68. The third-order valence-corrected chi connectivity index (χ3v) is 3.93. The first kappa shape index (κ1) is 22.2. The monoisotopic (exact) mass is 395 g/mol. The Morgan fingerprint density at radius 1 is 1.00 bits per heavy atom. The molecule has 0 bridgehead atoms. The molecule has 5 heteroatoms. The van der Waals surface area contributed by atoms with E-state index in [2.05, 4.69) is 5.32 Å². The zero-order chi connectivity index (χ0) is 21.1. The largest absolute Gasteiger partial charge is 0.459 e. The molecule has 1 amide bonds. The number of esters is 1. The van der Waals surface area contributed by atoms with Gasteiger partial charge in [0.25, 0.3) is 0 Å². The van der Waals surface area contributed by atoms with Crippen LogP contribution in [0.4, 0.5) is 4.79 Å². The number of hydrogen-bond acceptors (Lipinski definition) is 4. The van der Waals surface area contributed by atoms with Crippen LogP contribution < -0.4 is 5.32 Å². The van der Waals surface area contributed by atoms with Gasteiger partial charge in [-0.15, -0.1) is 0 Å². The van der Waals surface area contributed by atoms with E-state index < -0.39 is 23.7 Å². The number of hydrogen-bond donors (Lipinski definition) is 1. The molecule has 1 atom stereocenters. The van der Waals surface area contributed by atoms with Crippen molar-refractivity contribution in [1.82, 2.24) is 5.32 Å². The summed E-state index contributed by atoms with van der Waals surface area (Å²) in [4.78, 5) is 24.7. The SMILES string of the molecule is CC(C)(C)OC(=O)NC(CC/C=C/c1ccccc1)C(=O)OCc1ccccc1. The van der Waals surface area contributed by atoms with Crippen molar-refractivity contribution in [2.24, 2.45) is 0 Å². The maximum Gasteiger partial charge on any atom is 0.408 e. The molecule has 2 aromatic rings. The summed E-state index contributed by atoms with van der Waals surface area (Å²) < 4.78 is 10.7. The molecule has 5 nitrogen and oxygen atoms in total. The smallest absolute Gasteiger partial charge is 0.408 e. The third kappa shape index (κ3) is 9.10. The van der Waals surface area contributed by atoms with Gasteiger partial charge in [-0.05, 0) is 44.7 Å². The van der Waals surface area contributed by atoms with Gasteiger partial charge in [-0.1, -0.05) is 72.8 Å². The van der Waals surface area contributed by atoms with Crippen molar-refractivity contribution in [1.29, 1.82) is 0 Å².